The van der Waals surface area contributed by atoms with Gasteiger partial charge in [0.2, 0.25) is 35.4 Å². The molecule has 0 radical (unpaired) electrons. The fraction of sp³-hybridized carbons (Fsp3) is 0.591. The summed E-state index contributed by atoms with van der Waals surface area (Å²) in [4.78, 5) is 86.5. The van der Waals surface area contributed by atoms with Gasteiger partial charge in [0.1, 0.15) is 24.2 Å². The molecule has 2 saturated heterocycles. The van der Waals surface area contributed by atoms with E-state index in [1.54, 1.807) is 37.7 Å². The average Bonchev–Trinajstić information content (AvgIpc) is 3.95. The van der Waals surface area contributed by atoms with Gasteiger partial charge in [-0.25, -0.2) is 0 Å². The Hall–Kier alpha value is -4.82. The fourth-order valence-electron chi connectivity index (χ4n) is 9.05. The summed E-state index contributed by atoms with van der Waals surface area (Å²) in [5.74, 6) is -2.08. The molecule has 2 fully saturated rings. The highest BCUT2D eigenvalue weighted by molar-refractivity contribution is 5.95. The fourth-order valence-corrected chi connectivity index (χ4v) is 9.05. The molecule has 0 bridgehead atoms. The minimum atomic E-state index is -1.08. The van der Waals surface area contributed by atoms with Crippen molar-refractivity contribution in [2.45, 2.75) is 139 Å². The van der Waals surface area contributed by atoms with Crippen molar-refractivity contribution in [3.63, 3.8) is 0 Å². The third-order valence-corrected chi connectivity index (χ3v) is 12.7. The van der Waals surface area contributed by atoms with Crippen LogP contribution >= 0.6 is 0 Å². The average molecular weight is 799 g/mol. The molecule has 314 valence electrons. The maximum Gasteiger partial charge on any atom is 0.245 e. The van der Waals surface area contributed by atoms with Crippen LogP contribution in [0.15, 0.2) is 48.5 Å². The number of nitrogens with one attached hydrogen (secondary N) is 6. The maximum absolute atomic E-state index is 14.5. The second kappa shape index (κ2) is 19.8. The largest absolute Gasteiger partial charge is 0.347 e. The van der Waals surface area contributed by atoms with Gasteiger partial charge in [-0.2, -0.15) is 0 Å². The number of fused-ring (bicyclic) bond motifs is 2. The Morgan fingerprint density at radius 2 is 0.983 bits per heavy atom. The number of amides is 6. The van der Waals surface area contributed by atoms with Crippen LogP contribution in [0.2, 0.25) is 0 Å². The van der Waals surface area contributed by atoms with E-state index in [0.29, 0.717) is 38.8 Å². The molecular formula is C44H62N8O6. The Labute approximate surface area is 342 Å². The zero-order chi connectivity index (χ0) is 41.3. The number of hydrogen-bond donors (Lipinski definition) is 6. The second-order valence-corrected chi connectivity index (χ2v) is 16.4. The monoisotopic (exact) mass is 798 g/mol. The normalized spacial score (nSPS) is 23.4. The van der Waals surface area contributed by atoms with Crippen molar-refractivity contribution in [2.24, 2.45) is 0 Å². The zero-order valence-electron chi connectivity index (χ0n) is 34.5. The second-order valence-electron chi connectivity index (χ2n) is 16.4. The summed E-state index contributed by atoms with van der Waals surface area (Å²) in [6, 6.07) is 11.1. The summed E-state index contributed by atoms with van der Waals surface area (Å²) in [5.41, 5.74) is 4.64. The van der Waals surface area contributed by atoms with Crippen LogP contribution in [0.4, 0.5) is 0 Å². The summed E-state index contributed by atoms with van der Waals surface area (Å²) in [7, 11) is 3.29. The number of likely N-dealkylation sites (tertiary alicyclic amines) is 2. The summed E-state index contributed by atoms with van der Waals surface area (Å²) >= 11 is 0. The summed E-state index contributed by atoms with van der Waals surface area (Å²) in [6.07, 6.45) is 7.70. The highest BCUT2D eigenvalue weighted by Gasteiger charge is 2.42. The van der Waals surface area contributed by atoms with Crippen LogP contribution in [0.3, 0.4) is 0 Å². The molecule has 0 aromatic heterocycles. The van der Waals surface area contributed by atoms with Crippen molar-refractivity contribution in [3.05, 3.63) is 70.8 Å². The van der Waals surface area contributed by atoms with Gasteiger partial charge >= 0.3 is 0 Å². The van der Waals surface area contributed by atoms with Crippen molar-refractivity contribution in [1.82, 2.24) is 41.7 Å². The predicted octanol–water partition coefficient (Wildman–Crippen LogP) is 2.32. The van der Waals surface area contributed by atoms with Gasteiger partial charge in [0, 0.05) is 13.1 Å². The van der Waals surface area contributed by atoms with Crippen LogP contribution in [0.25, 0.3) is 0 Å². The number of carbonyl (C=O) groups excluding carboxylic acids is 6. The number of rotatable bonds is 15. The molecule has 2 aliphatic heterocycles. The number of carbonyl (C=O) groups is 6. The summed E-state index contributed by atoms with van der Waals surface area (Å²) in [6.45, 7) is 4.06. The van der Waals surface area contributed by atoms with Crippen molar-refractivity contribution in [3.8, 4) is 0 Å². The number of likely N-dealkylation sites (N-methyl/N-ethyl adjacent to an activating group) is 2. The van der Waals surface area contributed by atoms with Crippen LogP contribution in [-0.2, 0) is 41.6 Å². The molecular weight excluding hydrogens is 737 g/mol. The van der Waals surface area contributed by atoms with Crippen molar-refractivity contribution >= 4 is 35.4 Å². The number of aryl methyl sites for hydroxylation is 2. The zero-order valence-corrected chi connectivity index (χ0v) is 34.5. The Kier molecular flexibility index (Phi) is 14.6. The lowest BCUT2D eigenvalue weighted by atomic mass is 9.87. The van der Waals surface area contributed by atoms with Gasteiger partial charge in [-0.3, -0.25) is 28.8 Å². The molecule has 14 heteroatoms. The highest BCUT2D eigenvalue weighted by Crippen LogP contribution is 2.32. The Morgan fingerprint density at radius 3 is 1.38 bits per heavy atom. The minimum Gasteiger partial charge on any atom is -0.347 e. The maximum atomic E-state index is 14.5. The molecule has 2 aliphatic carbocycles. The predicted molar refractivity (Wildman–Crippen MR) is 220 cm³/mol. The quantitative estimate of drug-likeness (QED) is 0.159. The molecule has 4 aliphatic rings. The molecule has 8 atom stereocenters. The third kappa shape index (κ3) is 9.89. The van der Waals surface area contributed by atoms with E-state index in [2.05, 4.69) is 44.0 Å². The molecule has 0 unspecified atom stereocenters. The molecule has 0 spiro atoms. The lowest BCUT2D eigenvalue weighted by Gasteiger charge is -2.33. The van der Waals surface area contributed by atoms with Crippen LogP contribution in [0.5, 0.6) is 0 Å². The van der Waals surface area contributed by atoms with E-state index >= 15 is 0 Å². The van der Waals surface area contributed by atoms with E-state index in [9.17, 15) is 28.8 Å². The molecule has 14 nitrogen and oxygen atoms in total. The summed E-state index contributed by atoms with van der Waals surface area (Å²) < 4.78 is 0. The molecule has 2 aromatic rings. The standard InChI is InChI=1S/C44H62N8O6/c1-27(45-3)39(53)49-35(43(57)51-25-11-21-37(51)41(55)47-33-19-9-15-29-13-5-7-17-31(29)33)23-24-36(50-40(54)28(2)46-4)44(58)52-26-12-22-38(52)42(56)48-34-20-10-16-30-14-6-8-18-32(30)34/h5-8,13-14,17-18,27-28,33-38,45-46H,9-12,15-16,19-26H2,1-4H3,(H,47,55)(H,48,56)(H,49,53)(H,50,54)/t27-,28-,33+,34+,35-,36-,37-,38-/m0/s1. The van der Waals surface area contributed by atoms with E-state index in [-0.39, 0.29) is 36.7 Å². The number of nitrogens with zero attached hydrogens (tertiary/aromatic N) is 2. The molecule has 2 heterocycles. The Balaban J connectivity index is 1.18. The van der Waals surface area contributed by atoms with Gasteiger partial charge in [-0.1, -0.05) is 48.5 Å². The van der Waals surface area contributed by atoms with E-state index in [1.807, 2.05) is 36.4 Å². The van der Waals surface area contributed by atoms with E-state index in [0.717, 1.165) is 49.7 Å². The highest BCUT2D eigenvalue weighted by atomic mass is 16.2. The van der Waals surface area contributed by atoms with Crippen molar-refractivity contribution in [1.29, 1.82) is 0 Å². The third-order valence-electron chi connectivity index (χ3n) is 12.7. The molecule has 6 rings (SSSR count). The lowest BCUT2D eigenvalue weighted by Crippen LogP contribution is -2.58. The van der Waals surface area contributed by atoms with Crippen LogP contribution in [0, 0.1) is 0 Å². The first kappa shape index (κ1) is 42.8. The molecule has 58 heavy (non-hydrogen) atoms. The van der Waals surface area contributed by atoms with Gasteiger partial charge in [0.05, 0.1) is 24.2 Å². The van der Waals surface area contributed by atoms with E-state index in [1.165, 1.54) is 11.1 Å². The molecule has 2 aromatic carbocycles. The minimum absolute atomic E-state index is 0.00995. The van der Waals surface area contributed by atoms with Gasteiger partial charge in [0.15, 0.2) is 0 Å². The van der Waals surface area contributed by atoms with Crippen molar-refractivity contribution < 1.29 is 28.8 Å². The first-order chi connectivity index (χ1) is 28.0. The van der Waals surface area contributed by atoms with Gasteiger partial charge in [-0.15, -0.1) is 0 Å². The Bertz CT molecular complexity index is 1690. The molecule has 6 amide bonds. The van der Waals surface area contributed by atoms with Gasteiger partial charge in [0.25, 0.3) is 0 Å². The van der Waals surface area contributed by atoms with Crippen molar-refractivity contribution in [2.75, 3.05) is 27.2 Å². The van der Waals surface area contributed by atoms with Crippen LogP contribution in [0.1, 0.15) is 112 Å². The van der Waals surface area contributed by atoms with E-state index in [4.69, 9.17) is 0 Å². The molecule has 6 N–H and O–H groups in total. The Morgan fingerprint density at radius 1 is 0.586 bits per heavy atom. The van der Waals surface area contributed by atoms with Gasteiger partial charge in [-0.05, 0) is 127 Å². The van der Waals surface area contributed by atoms with Gasteiger partial charge < -0.3 is 41.7 Å². The first-order valence-corrected chi connectivity index (χ1v) is 21.3. The number of benzene rings is 2. The summed E-state index contributed by atoms with van der Waals surface area (Å²) in [5, 5.41) is 18.0. The SMILES string of the molecule is CN[C@@H](C)C(=O)N[C@@H](CC[C@H](NC(=O)[C@H](C)NC)C(=O)N1CCC[C@H]1C(=O)N[C@@H]1CCCc2ccccc21)C(=O)N1CCC[C@H]1C(=O)N[C@@H]1CCCc2ccccc21. The molecule has 0 saturated carbocycles. The van der Waals surface area contributed by atoms with Crippen LogP contribution < -0.4 is 31.9 Å². The lowest BCUT2D eigenvalue weighted by molar-refractivity contribution is -0.143. The smallest absolute Gasteiger partial charge is 0.245 e. The first-order valence-electron chi connectivity index (χ1n) is 21.3. The number of hydrogen-bond acceptors (Lipinski definition) is 8. The van der Waals surface area contributed by atoms with E-state index < -0.39 is 59.9 Å². The topological polar surface area (TPSA) is 181 Å². The van der Waals surface area contributed by atoms with Crippen LogP contribution in [-0.4, -0.2) is 109 Å².